The summed E-state index contributed by atoms with van der Waals surface area (Å²) in [7, 11) is 1.95. The van der Waals surface area contributed by atoms with Crippen LogP contribution in [0.4, 0.5) is 4.39 Å². The lowest BCUT2D eigenvalue weighted by Crippen LogP contribution is -2.41. The molecule has 1 rings (SSSR count). The van der Waals surface area contributed by atoms with E-state index in [1.54, 1.807) is 30.0 Å². The Morgan fingerprint density at radius 3 is 2.82 bits per heavy atom. The van der Waals surface area contributed by atoms with Crippen molar-refractivity contribution in [1.29, 1.82) is 0 Å². The number of halogens is 1. The van der Waals surface area contributed by atoms with E-state index in [-0.39, 0.29) is 11.6 Å². The molecular weight excluding hydrogens is 301 g/mol. The Morgan fingerprint density at radius 2 is 2.18 bits per heavy atom. The molecule has 0 fully saturated rings. The van der Waals surface area contributed by atoms with Crippen molar-refractivity contribution < 1.29 is 9.13 Å². The van der Waals surface area contributed by atoms with Gasteiger partial charge < -0.3 is 15.0 Å². The van der Waals surface area contributed by atoms with Gasteiger partial charge in [-0.25, -0.2) is 4.39 Å². The number of hydrogen-bond acceptors (Lipinski definition) is 3. The molecule has 1 aromatic rings. The van der Waals surface area contributed by atoms with Gasteiger partial charge in [0.15, 0.2) is 17.5 Å². The van der Waals surface area contributed by atoms with Gasteiger partial charge in [-0.05, 0) is 25.3 Å². The topological polar surface area (TPSA) is 36.9 Å². The largest absolute Gasteiger partial charge is 0.489 e. The molecule has 1 N–H and O–H groups in total. The smallest absolute Gasteiger partial charge is 0.193 e. The molecule has 0 aliphatic heterocycles. The molecule has 0 radical (unpaired) electrons. The van der Waals surface area contributed by atoms with Crippen molar-refractivity contribution in [2.45, 2.75) is 19.1 Å². The lowest BCUT2D eigenvalue weighted by atomic mass is 10.3. The van der Waals surface area contributed by atoms with Crippen LogP contribution >= 0.6 is 11.8 Å². The lowest BCUT2D eigenvalue weighted by molar-refractivity contribution is 0.270. The predicted octanol–water partition coefficient (Wildman–Crippen LogP) is 2.85. The van der Waals surface area contributed by atoms with Crippen LogP contribution < -0.4 is 10.1 Å². The van der Waals surface area contributed by atoms with Gasteiger partial charge in [0, 0.05) is 18.8 Å². The second kappa shape index (κ2) is 10.3. The van der Waals surface area contributed by atoms with Gasteiger partial charge in [-0.15, -0.1) is 0 Å². The quantitative estimate of drug-likeness (QED) is 0.588. The standard InChI is InChI=1S/C16H26FN3OS/c1-5-18-16(19-12-13(2)22-4)20(3)10-11-21-15-9-7-6-8-14(15)17/h6-9,13H,5,10-12H2,1-4H3,(H,18,19). The van der Waals surface area contributed by atoms with E-state index in [4.69, 9.17) is 4.74 Å². The van der Waals surface area contributed by atoms with E-state index >= 15 is 0 Å². The van der Waals surface area contributed by atoms with Crippen LogP contribution in [0.15, 0.2) is 29.3 Å². The van der Waals surface area contributed by atoms with Gasteiger partial charge in [-0.1, -0.05) is 19.1 Å². The molecule has 1 atom stereocenters. The van der Waals surface area contributed by atoms with Crippen molar-refractivity contribution in [3.63, 3.8) is 0 Å². The van der Waals surface area contributed by atoms with E-state index in [0.29, 0.717) is 18.4 Å². The summed E-state index contributed by atoms with van der Waals surface area (Å²) in [5, 5.41) is 3.74. The summed E-state index contributed by atoms with van der Waals surface area (Å²) in [4.78, 5) is 6.61. The number of aliphatic imine (C=N–C) groups is 1. The lowest BCUT2D eigenvalue weighted by Gasteiger charge is -2.22. The number of hydrogen-bond donors (Lipinski definition) is 1. The first kappa shape index (κ1) is 18.6. The first-order valence-corrected chi connectivity index (χ1v) is 8.76. The fraction of sp³-hybridized carbons (Fsp3) is 0.562. The molecule has 0 aliphatic carbocycles. The van der Waals surface area contributed by atoms with E-state index in [1.807, 2.05) is 18.9 Å². The number of para-hydroxylation sites is 1. The summed E-state index contributed by atoms with van der Waals surface area (Å²) in [6, 6.07) is 6.44. The molecule has 22 heavy (non-hydrogen) atoms. The average Bonchev–Trinajstić information content (AvgIpc) is 2.52. The molecule has 0 saturated carbocycles. The zero-order valence-corrected chi connectivity index (χ0v) is 14.6. The summed E-state index contributed by atoms with van der Waals surface area (Å²) in [5.41, 5.74) is 0. The van der Waals surface area contributed by atoms with E-state index in [2.05, 4.69) is 23.5 Å². The maximum Gasteiger partial charge on any atom is 0.193 e. The number of benzene rings is 1. The van der Waals surface area contributed by atoms with Gasteiger partial charge >= 0.3 is 0 Å². The van der Waals surface area contributed by atoms with Crippen LogP contribution in [0.25, 0.3) is 0 Å². The van der Waals surface area contributed by atoms with Crippen molar-refractivity contribution >= 4 is 17.7 Å². The Hall–Kier alpha value is -1.43. The molecule has 1 aromatic carbocycles. The highest BCUT2D eigenvalue weighted by atomic mass is 32.2. The summed E-state index contributed by atoms with van der Waals surface area (Å²) >= 11 is 1.79. The second-order valence-electron chi connectivity index (χ2n) is 4.94. The van der Waals surface area contributed by atoms with E-state index in [0.717, 1.165) is 19.0 Å². The maximum atomic E-state index is 13.5. The number of guanidine groups is 1. The second-order valence-corrected chi connectivity index (χ2v) is 6.22. The van der Waals surface area contributed by atoms with Crippen molar-refractivity contribution in [2.24, 2.45) is 4.99 Å². The third-order valence-electron chi connectivity index (χ3n) is 3.12. The van der Waals surface area contributed by atoms with E-state index in [1.165, 1.54) is 6.07 Å². The first-order valence-electron chi connectivity index (χ1n) is 7.48. The molecular formula is C16H26FN3OS. The highest BCUT2D eigenvalue weighted by Crippen LogP contribution is 2.15. The first-order chi connectivity index (χ1) is 10.6. The molecule has 0 spiro atoms. The van der Waals surface area contributed by atoms with Crippen LogP contribution in [0, 0.1) is 5.82 Å². The Balaban J connectivity index is 2.49. The Kier molecular flexibility index (Phi) is 8.74. The normalized spacial score (nSPS) is 12.9. The summed E-state index contributed by atoms with van der Waals surface area (Å²) in [6.07, 6.45) is 2.08. The average molecular weight is 327 g/mol. The number of rotatable bonds is 8. The van der Waals surface area contributed by atoms with Crippen molar-refractivity contribution in [2.75, 3.05) is 39.5 Å². The predicted molar refractivity (Wildman–Crippen MR) is 93.5 cm³/mol. The minimum absolute atomic E-state index is 0.286. The van der Waals surface area contributed by atoms with Gasteiger partial charge in [-0.3, -0.25) is 4.99 Å². The van der Waals surface area contributed by atoms with Crippen molar-refractivity contribution in [3.8, 4) is 5.75 Å². The van der Waals surface area contributed by atoms with Gasteiger partial charge in [-0.2, -0.15) is 11.8 Å². The Bertz CT molecular complexity index is 470. The zero-order valence-electron chi connectivity index (χ0n) is 13.8. The van der Waals surface area contributed by atoms with Crippen molar-refractivity contribution in [1.82, 2.24) is 10.2 Å². The number of nitrogens with one attached hydrogen (secondary N) is 1. The third kappa shape index (κ3) is 6.56. The van der Waals surface area contributed by atoms with Gasteiger partial charge in [0.2, 0.25) is 0 Å². The molecule has 0 aliphatic rings. The van der Waals surface area contributed by atoms with Crippen LogP contribution in [0.5, 0.6) is 5.75 Å². The fourth-order valence-corrected chi connectivity index (χ4v) is 1.94. The number of nitrogens with zero attached hydrogens (tertiary/aromatic N) is 2. The number of likely N-dealkylation sites (N-methyl/N-ethyl adjacent to an activating group) is 1. The minimum Gasteiger partial charge on any atom is -0.489 e. The van der Waals surface area contributed by atoms with Gasteiger partial charge in [0.1, 0.15) is 6.61 Å². The maximum absolute atomic E-state index is 13.5. The molecule has 1 unspecified atom stereocenters. The van der Waals surface area contributed by atoms with Crippen LogP contribution in [-0.4, -0.2) is 55.7 Å². The van der Waals surface area contributed by atoms with Gasteiger partial charge in [0.25, 0.3) is 0 Å². The third-order valence-corrected chi connectivity index (χ3v) is 4.07. The van der Waals surface area contributed by atoms with E-state index in [9.17, 15) is 4.39 Å². The number of ether oxygens (including phenoxy) is 1. The zero-order chi connectivity index (χ0) is 16.4. The van der Waals surface area contributed by atoms with Crippen LogP contribution in [-0.2, 0) is 0 Å². The van der Waals surface area contributed by atoms with Crippen LogP contribution in [0.2, 0.25) is 0 Å². The Morgan fingerprint density at radius 1 is 1.45 bits per heavy atom. The molecule has 0 heterocycles. The molecule has 0 bridgehead atoms. The molecule has 6 heteroatoms. The summed E-state index contributed by atoms with van der Waals surface area (Å²) in [6.45, 7) is 6.80. The highest BCUT2D eigenvalue weighted by molar-refractivity contribution is 7.99. The Labute approximate surface area is 137 Å². The summed E-state index contributed by atoms with van der Waals surface area (Å²) < 4.78 is 18.9. The van der Waals surface area contributed by atoms with Crippen LogP contribution in [0.1, 0.15) is 13.8 Å². The molecule has 0 saturated heterocycles. The SMILES string of the molecule is CCNC(=NCC(C)SC)N(C)CCOc1ccccc1F. The minimum atomic E-state index is -0.334. The molecule has 4 nitrogen and oxygen atoms in total. The van der Waals surface area contributed by atoms with Gasteiger partial charge in [0.05, 0.1) is 13.1 Å². The fourth-order valence-electron chi connectivity index (χ4n) is 1.72. The molecule has 124 valence electrons. The van der Waals surface area contributed by atoms with Crippen molar-refractivity contribution in [3.05, 3.63) is 30.1 Å². The molecule has 0 amide bonds. The van der Waals surface area contributed by atoms with E-state index < -0.39 is 0 Å². The van der Waals surface area contributed by atoms with Crippen LogP contribution in [0.3, 0.4) is 0 Å². The molecule has 0 aromatic heterocycles. The number of thioether (sulfide) groups is 1. The monoisotopic (exact) mass is 327 g/mol. The summed E-state index contributed by atoms with van der Waals surface area (Å²) in [5.74, 6) is 0.800. The highest BCUT2D eigenvalue weighted by Gasteiger charge is 2.08.